The van der Waals surface area contributed by atoms with Crippen LogP contribution in [0.15, 0.2) is 50.4 Å². The van der Waals surface area contributed by atoms with E-state index in [9.17, 15) is 8.42 Å². The van der Waals surface area contributed by atoms with Gasteiger partial charge in [-0.1, -0.05) is 0 Å². The standard InChI is InChI=1S/C11H11BrN2O3S/c12-10-6-8(13)3-4-11(10)18(15,16)14-7-9-2-1-5-17-9/h1-6,14H,7,13H2. The molecule has 0 spiro atoms. The number of sulfonamides is 1. The van der Waals surface area contributed by atoms with E-state index in [4.69, 9.17) is 10.2 Å². The first-order valence-electron chi connectivity index (χ1n) is 5.06. The van der Waals surface area contributed by atoms with Crippen LogP contribution >= 0.6 is 15.9 Å². The van der Waals surface area contributed by atoms with Crippen molar-refractivity contribution >= 4 is 31.6 Å². The Kier molecular flexibility index (Phi) is 3.74. The van der Waals surface area contributed by atoms with E-state index >= 15 is 0 Å². The van der Waals surface area contributed by atoms with Crippen molar-refractivity contribution in [2.75, 3.05) is 5.73 Å². The molecule has 0 fully saturated rings. The SMILES string of the molecule is Nc1ccc(S(=O)(=O)NCc2ccco2)c(Br)c1. The third-order valence-corrected chi connectivity index (χ3v) is 4.64. The fourth-order valence-corrected chi connectivity index (χ4v) is 3.48. The molecule has 0 saturated carbocycles. The molecule has 0 atom stereocenters. The van der Waals surface area contributed by atoms with Gasteiger partial charge >= 0.3 is 0 Å². The molecule has 0 saturated heterocycles. The van der Waals surface area contributed by atoms with Crippen LogP contribution in [0, 0.1) is 0 Å². The Morgan fingerprint density at radius 1 is 1.33 bits per heavy atom. The fourth-order valence-electron chi connectivity index (χ4n) is 1.39. The van der Waals surface area contributed by atoms with Crippen LogP contribution in [0.1, 0.15) is 5.76 Å². The van der Waals surface area contributed by atoms with Gasteiger partial charge in [0.15, 0.2) is 0 Å². The lowest BCUT2D eigenvalue weighted by molar-refractivity contribution is 0.498. The van der Waals surface area contributed by atoms with Gasteiger partial charge in [0.1, 0.15) is 5.76 Å². The highest BCUT2D eigenvalue weighted by Crippen LogP contribution is 2.24. The molecule has 2 aromatic rings. The van der Waals surface area contributed by atoms with Crippen molar-refractivity contribution < 1.29 is 12.8 Å². The number of benzene rings is 1. The lowest BCUT2D eigenvalue weighted by Crippen LogP contribution is -2.23. The molecule has 2 rings (SSSR count). The lowest BCUT2D eigenvalue weighted by Gasteiger charge is -2.07. The van der Waals surface area contributed by atoms with Gasteiger partial charge in [-0.15, -0.1) is 0 Å². The lowest BCUT2D eigenvalue weighted by atomic mass is 10.3. The zero-order valence-electron chi connectivity index (χ0n) is 9.26. The van der Waals surface area contributed by atoms with Crippen LogP contribution in [0.5, 0.6) is 0 Å². The number of nitrogens with one attached hydrogen (secondary N) is 1. The van der Waals surface area contributed by atoms with Crippen molar-refractivity contribution in [1.29, 1.82) is 0 Å². The quantitative estimate of drug-likeness (QED) is 0.840. The molecule has 7 heteroatoms. The van der Waals surface area contributed by atoms with Crippen molar-refractivity contribution in [3.63, 3.8) is 0 Å². The number of furan rings is 1. The molecule has 0 unspecified atom stereocenters. The molecule has 1 aromatic heterocycles. The van der Waals surface area contributed by atoms with Crippen LogP contribution in [0.2, 0.25) is 0 Å². The first kappa shape index (κ1) is 13.1. The molecule has 3 N–H and O–H groups in total. The van der Waals surface area contributed by atoms with E-state index in [1.54, 1.807) is 18.2 Å². The van der Waals surface area contributed by atoms with E-state index in [0.29, 0.717) is 15.9 Å². The minimum atomic E-state index is -3.60. The molecule has 18 heavy (non-hydrogen) atoms. The molecule has 0 radical (unpaired) electrons. The van der Waals surface area contributed by atoms with Crippen LogP contribution in [-0.4, -0.2) is 8.42 Å². The molecule has 0 aliphatic heterocycles. The van der Waals surface area contributed by atoms with Crippen LogP contribution in [-0.2, 0) is 16.6 Å². The summed E-state index contributed by atoms with van der Waals surface area (Å²) in [5.74, 6) is 0.546. The molecule has 0 amide bonds. The van der Waals surface area contributed by atoms with Crippen LogP contribution in [0.25, 0.3) is 0 Å². The first-order valence-corrected chi connectivity index (χ1v) is 7.34. The van der Waals surface area contributed by atoms with Crippen molar-refractivity contribution in [2.24, 2.45) is 0 Å². The van der Waals surface area contributed by atoms with Gasteiger partial charge in [-0.3, -0.25) is 0 Å². The van der Waals surface area contributed by atoms with Gasteiger partial charge in [0.2, 0.25) is 10.0 Å². The molecule has 0 aliphatic carbocycles. The highest BCUT2D eigenvalue weighted by atomic mass is 79.9. The van der Waals surface area contributed by atoms with Crippen molar-refractivity contribution in [1.82, 2.24) is 4.72 Å². The molecule has 5 nitrogen and oxygen atoms in total. The number of nitrogen functional groups attached to an aromatic ring is 1. The van der Waals surface area contributed by atoms with Crippen LogP contribution in [0.3, 0.4) is 0 Å². The summed E-state index contributed by atoms with van der Waals surface area (Å²) in [6.07, 6.45) is 1.49. The monoisotopic (exact) mass is 330 g/mol. The summed E-state index contributed by atoms with van der Waals surface area (Å²) in [4.78, 5) is 0.142. The fraction of sp³-hybridized carbons (Fsp3) is 0.0909. The molecular formula is C11H11BrN2O3S. The maximum Gasteiger partial charge on any atom is 0.242 e. The smallest absolute Gasteiger partial charge is 0.242 e. The average Bonchev–Trinajstić information content (AvgIpc) is 2.78. The highest BCUT2D eigenvalue weighted by molar-refractivity contribution is 9.10. The van der Waals surface area contributed by atoms with Crippen LogP contribution < -0.4 is 10.5 Å². The second-order valence-corrected chi connectivity index (χ2v) is 6.18. The Balaban J connectivity index is 2.20. The second-order valence-electron chi connectivity index (χ2n) is 3.59. The molecule has 96 valence electrons. The maximum atomic E-state index is 12.0. The van der Waals surface area contributed by atoms with E-state index in [2.05, 4.69) is 20.7 Å². The maximum absolute atomic E-state index is 12.0. The summed E-state index contributed by atoms with van der Waals surface area (Å²) in [5, 5.41) is 0. The number of hydrogen-bond donors (Lipinski definition) is 2. The van der Waals surface area contributed by atoms with Gasteiger partial charge in [0.25, 0.3) is 0 Å². The van der Waals surface area contributed by atoms with E-state index in [1.807, 2.05) is 0 Å². The summed E-state index contributed by atoms with van der Waals surface area (Å²) in [5.41, 5.74) is 6.05. The molecule has 0 aliphatic rings. The summed E-state index contributed by atoms with van der Waals surface area (Å²) < 4.78 is 32.0. The normalized spacial score (nSPS) is 11.6. The van der Waals surface area contributed by atoms with Crippen molar-refractivity contribution in [2.45, 2.75) is 11.4 Å². The third-order valence-electron chi connectivity index (χ3n) is 2.26. The van der Waals surface area contributed by atoms with Gasteiger partial charge in [-0.05, 0) is 46.3 Å². The minimum Gasteiger partial charge on any atom is -0.468 e. The number of hydrogen-bond acceptors (Lipinski definition) is 4. The third kappa shape index (κ3) is 2.92. The Bertz CT molecular complexity index is 638. The Labute approximate surface area is 113 Å². The van der Waals surface area contributed by atoms with E-state index in [-0.39, 0.29) is 11.4 Å². The second kappa shape index (κ2) is 5.13. The Hall–Kier alpha value is -1.31. The van der Waals surface area contributed by atoms with Crippen LogP contribution in [0.4, 0.5) is 5.69 Å². The summed E-state index contributed by atoms with van der Waals surface area (Å²) in [6, 6.07) is 7.92. The number of nitrogens with two attached hydrogens (primary N) is 1. The number of anilines is 1. The Morgan fingerprint density at radius 2 is 2.11 bits per heavy atom. The summed E-state index contributed by atoms with van der Waals surface area (Å²) in [7, 11) is -3.60. The molecule has 1 heterocycles. The first-order chi connectivity index (χ1) is 8.49. The number of halogens is 1. The van der Waals surface area contributed by atoms with Gasteiger partial charge in [-0.25, -0.2) is 13.1 Å². The van der Waals surface area contributed by atoms with Gasteiger partial charge in [-0.2, -0.15) is 0 Å². The van der Waals surface area contributed by atoms with Gasteiger partial charge < -0.3 is 10.2 Å². The van der Waals surface area contributed by atoms with Gasteiger partial charge in [0.05, 0.1) is 17.7 Å². The summed E-state index contributed by atoms with van der Waals surface area (Å²) >= 11 is 3.18. The van der Waals surface area contributed by atoms with Gasteiger partial charge in [0, 0.05) is 10.2 Å². The predicted molar refractivity (Wildman–Crippen MR) is 71.3 cm³/mol. The number of rotatable bonds is 4. The molecular weight excluding hydrogens is 320 g/mol. The Morgan fingerprint density at radius 3 is 2.72 bits per heavy atom. The topological polar surface area (TPSA) is 85.3 Å². The molecule has 0 bridgehead atoms. The zero-order chi connectivity index (χ0) is 13.2. The van der Waals surface area contributed by atoms with E-state index in [1.165, 1.54) is 18.4 Å². The van der Waals surface area contributed by atoms with E-state index in [0.717, 1.165) is 0 Å². The largest absolute Gasteiger partial charge is 0.468 e. The minimum absolute atomic E-state index is 0.103. The van der Waals surface area contributed by atoms with E-state index < -0.39 is 10.0 Å². The highest BCUT2D eigenvalue weighted by Gasteiger charge is 2.17. The van der Waals surface area contributed by atoms with Crippen molar-refractivity contribution in [3.8, 4) is 0 Å². The molecule has 1 aromatic carbocycles. The zero-order valence-corrected chi connectivity index (χ0v) is 11.7. The summed E-state index contributed by atoms with van der Waals surface area (Å²) in [6.45, 7) is 0.103. The van der Waals surface area contributed by atoms with Crippen molar-refractivity contribution in [3.05, 3.63) is 46.8 Å². The average molecular weight is 331 g/mol. The predicted octanol–water partition coefficient (Wildman–Crippen LogP) is 2.10.